The summed E-state index contributed by atoms with van der Waals surface area (Å²) in [6, 6.07) is 7.34. The van der Waals surface area contributed by atoms with E-state index in [0.29, 0.717) is 33.6 Å². The molecule has 1 heterocycles. The van der Waals surface area contributed by atoms with E-state index in [-0.39, 0.29) is 27.9 Å². The van der Waals surface area contributed by atoms with Crippen molar-refractivity contribution in [2.75, 3.05) is 7.11 Å². The van der Waals surface area contributed by atoms with Crippen LogP contribution in [0.15, 0.2) is 51.2 Å². The highest BCUT2D eigenvalue weighted by Gasteiger charge is 2.28. The van der Waals surface area contributed by atoms with Gasteiger partial charge >= 0.3 is 6.09 Å². The van der Waals surface area contributed by atoms with Crippen molar-refractivity contribution < 1.29 is 27.5 Å². The van der Waals surface area contributed by atoms with Crippen molar-refractivity contribution in [2.24, 2.45) is 10.1 Å². The molecule has 0 fully saturated rings. The molecular formula is C28H34N4O6S2. The van der Waals surface area contributed by atoms with Crippen molar-refractivity contribution in [3.8, 4) is 5.75 Å². The van der Waals surface area contributed by atoms with Crippen LogP contribution in [0.25, 0.3) is 0 Å². The Balaban J connectivity index is 1.93. The van der Waals surface area contributed by atoms with E-state index in [0.717, 1.165) is 11.3 Å². The van der Waals surface area contributed by atoms with Gasteiger partial charge in [0.1, 0.15) is 23.2 Å². The molecule has 40 heavy (non-hydrogen) atoms. The van der Waals surface area contributed by atoms with Crippen LogP contribution in [-0.4, -0.2) is 49.9 Å². The molecule has 0 bridgehead atoms. The number of Topliss-reactive ketones (excluding diaryl/α,β-unsaturated/α-hetero) is 1. The summed E-state index contributed by atoms with van der Waals surface area (Å²) < 4.78 is 41.2. The van der Waals surface area contributed by atoms with E-state index in [1.54, 1.807) is 77.3 Å². The number of benzene rings is 2. The predicted octanol–water partition coefficient (Wildman–Crippen LogP) is 4.49. The van der Waals surface area contributed by atoms with Crippen LogP contribution in [0, 0.1) is 20.8 Å². The molecule has 214 valence electrons. The molecule has 3 rings (SSSR count). The topological polar surface area (TPSA) is 150 Å². The minimum Gasteiger partial charge on any atom is -0.496 e. The van der Waals surface area contributed by atoms with Gasteiger partial charge in [-0.1, -0.05) is 18.2 Å². The van der Waals surface area contributed by atoms with Gasteiger partial charge in [0.05, 0.1) is 12.0 Å². The second kappa shape index (κ2) is 12.2. The molecule has 0 aliphatic heterocycles. The van der Waals surface area contributed by atoms with Crippen LogP contribution in [0.3, 0.4) is 0 Å². The fraction of sp³-hybridized carbons (Fsp3) is 0.357. The van der Waals surface area contributed by atoms with E-state index in [4.69, 9.17) is 15.2 Å². The molecule has 1 amide bonds. The van der Waals surface area contributed by atoms with Gasteiger partial charge in [-0.05, 0) is 75.9 Å². The number of nitrogens with zero attached hydrogens (tertiary/aromatic N) is 2. The fourth-order valence-corrected chi connectivity index (χ4v) is 6.20. The summed E-state index contributed by atoms with van der Waals surface area (Å²) in [4.78, 5) is 29.8. The summed E-state index contributed by atoms with van der Waals surface area (Å²) in [6.45, 7) is 10.3. The van der Waals surface area contributed by atoms with Crippen molar-refractivity contribution in [3.63, 3.8) is 0 Å². The zero-order chi connectivity index (χ0) is 29.8. The second-order valence-electron chi connectivity index (χ2n) is 10.2. The van der Waals surface area contributed by atoms with E-state index in [1.807, 2.05) is 0 Å². The molecule has 0 saturated carbocycles. The molecule has 0 spiro atoms. The number of nitrogens with two attached hydrogens (primary N) is 1. The smallest absolute Gasteiger partial charge is 0.408 e. The lowest BCUT2D eigenvalue weighted by atomic mass is 10.0. The number of rotatable bonds is 9. The first-order valence-electron chi connectivity index (χ1n) is 12.4. The molecule has 3 N–H and O–H groups in total. The molecule has 0 unspecified atom stereocenters. The van der Waals surface area contributed by atoms with Gasteiger partial charge < -0.3 is 20.5 Å². The highest BCUT2D eigenvalue weighted by atomic mass is 32.2. The molecule has 0 radical (unpaired) electrons. The number of carbonyl (C=O) groups excluding carboxylic acids is 2. The third-order valence-corrected chi connectivity index (χ3v) is 8.36. The largest absolute Gasteiger partial charge is 0.496 e. The van der Waals surface area contributed by atoms with Gasteiger partial charge in [0, 0.05) is 23.6 Å². The summed E-state index contributed by atoms with van der Waals surface area (Å²) in [7, 11) is -2.63. The zero-order valence-corrected chi connectivity index (χ0v) is 25.2. The van der Waals surface area contributed by atoms with Gasteiger partial charge in [-0.2, -0.15) is 8.42 Å². The quantitative estimate of drug-likeness (QED) is 0.212. The number of amidine groups is 1. The molecule has 1 atom stereocenters. The van der Waals surface area contributed by atoms with Crippen molar-refractivity contribution in [1.82, 2.24) is 10.3 Å². The molecule has 3 aromatic rings. The first-order chi connectivity index (χ1) is 18.6. The maximum atomic E-state index is 13.3. The average Bonchev–Trinajstić information content (AvgIpc) is 3.39. The van der Waals surface area contributed by atoms with E-state index in [9.17, 15) is 18.0 Å². The Morgan fingerprint density at radius 3 is 2.45 bits per heavy atom. The number of ether oxygens (including phenoxy) is 2. The zero-order valence-electron chi connectivity index (χ0n) is 23.6. The predicted molar refractivity (Wildman–Crippen MR) is 155 cm³/mol. The summed E-state index contributed by atoms with van der Waals surface area (Å²) in [5.41, 5.74) is 8.09. The molecule has 2 aromatic carbocycles. The third-order valence-electron chi connectivity index (χ3n) is 5.99. The van der Waals surface area contributed by atoms with Gasteiger partial charge in [0.15, 0.2) is 5.01 Å². The number of aromatic nitrogens is 1. The number of sulfonamides is 1. The molecular weight excluding hydrogens is 552 g/mol. The number of hydrogen-bond acceptors (Lipinski definition) is 8. The van der Waals surface area contributed by atoms with Crippen LogP contribution < -0.4 is 15.8 Å². The SMILES string of the molecule is COc1cc(C)c(S(=O)(=O)N=C(N)c2cccc(C[C@H](NC(=O)OC(C)(C)C)C(=O)c3nccs3)c2)c(C)c1C. The number of amides is 1. The second-order valence-corrected chi connectivity index (χ2v) is 12.7. The Bertz CT molecular complexity index is 1540. The van der Waals surface area contributed by atoms with Crippen LogP contribution in [0.2, 0.25) is 0 Å². The van der Waals surface area contributed by atoms with Crippen LogP contribution in [0.1, 0.15) is 58.4 Å². The van der Waals surface area contributed by atoms with E-state index >= 15 is 0 Å². The lowest BCUT2D eigenvalue weighted by Crippen LogP contribution is -2.44. The maximum absolute atomic E-state index is 13.3. The number of hydrogen-bond donors (Lipinski definition) is 2. The monoisotopic (exact) mass is 586 g/mol. The Labute approximate surface area is 238 Å². The number of ketones is 1. The third kappa shape index (κ3) is 7.45. The van der Waals surface area contributed by atoms with Gasteiger partial charge in [-0.25, -0.2) is 9.78 Å². The Kier molecular flexibility index (Phi) is 9.36. The molecule has 0 aliphatic rings. The molecule has 0 saturated heterocycles. The standard InChI is InChI=1S/C28H34N4O6S2/c1-16-13-22(37-7)17(2)18(3)24(16)40(35,36)32-25(29)20-10-8-9-19(14-20)15-21(23(33)26-30-11-12-39-26)31-27(34)38-28(4,5)6/h8-14,21H,15H2,1-7H3,(H2,29,32)(H,31,34)/t21-/m0/s1. The van der Waals surface area contributed by atoms with E-state index < -0.39 is 27.8 Å². The van der Waals surface area contributed by atoms with Crippen LogP contribution in [0.4, 0.5) is 4.79 Å². The Morgan fingerprint density at radius 2 is 1.85 bits per heavy atom. The number of carbonyl (C=O) groups is 2. The van der Waals surface area contributed by atoms with Gasteiger partial charge in [-0.3, -0.25) is 4.79 Å². The minimum atomic E-state index is -4.16. The summed E-state index contributed by atoms with van der Waals surface area (Å²) in [6.07, 6.45) is 0.849. The number of nitrogens with one attached hydrogen (secondary N) is 1. The molecule has 0 aliphatic carbocycles. The van der Waals surface area contributed by atoms with Crippen molar-refractivity contribution in [1.29, 1.82) is 0 Å². The lowest BCUT2D eigenvalue weighted by molar-refractivity contribution is 0.0491. The minimum absolute atomic E-state index is 0.0700. The molecule has 12 heteroatoms. The molecule has 10 nitrogen and oxygen atoms in total. The van der Waals surface area contributed by atoms with Gasteiger partial charge in [0.25, 0.3) is 10.0 Å². The first kappa shape index (κ1) is 30.8. The molecule has 1 aromatic heterocycles. The fourth-order valence-electron chi connectivity index (χ4n) is 4.10. The van der Waals surface area contributed by atoms with Gasteiger partial charge in [-0.15, -0.1) is 15.7 Å². The Morgan fingerprint density at radius 1 is 1.15 bits per heavy atom. The normalized spacial score (nSPS) is 13.0. The summed E-state index contributed by atoms with van der Waals surface area (Å²) in [5.74, 6) is -0.00577. The number of methoxy groups -OCH3 is 1. The van der Waals surface area contributed by atoms with Crippen molar-refractivity contribution >= 4 is 39.1 Å². The summed E-state index contributed by atoms with van der Waals surface area (Å²) >= 11 is 1.16. The van der Waals surface area contributed by atoms with E-state index in [1.165, 1.54) is 13.3 Å². The first-order valence-corrected chi connectivity index (χ1v) is 14.7. The van der Waals surface area contributed by atoms with Crippen LogP contribution >= 0.6 is 11.3 Å². The highest BCUT2D eigenvalue weighted by Crippen LogP contribution is 2.31. The van der Waals surface area contributed by atoms with Gasteiger partial charge in [0.2, 0.25) is 5.78 Å². The number of alkyl carbamates (subject to hydrolysis) is 1. The lowest BCUT2D eigenvalue weighted by Gasteiger charge is -2.23. The van der Waals surface area contributed by atoms with Crippen molar-refractivity contribution in [2.45, 2.75) is 64.5 Å². The van der Waals surface area contributed by atoms with Crippen LogP contribution in [0.5, 0.6) is 5.75 Å². The maximum Gasteiger partial charge on any atom is 0.408 e. The summed E-state index contributed by atoms with van der Waals surface area (Å²) in [5, 5.41) is 4.54. The number of thiazole rings is 1. The van der Waals surface area contributed by atoms with E-state index in [2.05, 4.69) is 14.7 Å². The highest BCUT2D eigenvalue weighted by molar-refractivity contribution is 7.90. The number of aryl methyl sites for hydroxylation is 1. The Hall–Kier alpha value is -3.77. The van der Waals surface area contributed by atoms with Crippen molar-refractivity contribution in [3.05, 3.63) is 74.7 Å². The van der Waals surface area contributed by atoms with Crippen LogP contribution in [-0.2, 0) is 21.2 Å². The average molecular weight is 587 g/mol.